The van der Waals surface area contributed by atoms with Crippen LogP contribution in [0.1, 0.15) is 39.0 Å². The highest BCUT2D eigenvalue weighted by Crippen LogP contribution is 2.63. The van der Waals surface area contributed by atoms with Crippen LogP contribution in [0, 0.1) is 11.3 Å². The Kier molecular flexibility index (Phi) is 1.47. The van der Waals surface area contributed by atoms with Gasteiger partial charge in [-0.25, -0.2) is 0 Å². The molecule has 0 atom stereocenters. The number of fused-ring (bicyclic) bond motifs is 2. The molecule has 4 radical (unpaired) electrons. The smallest absolute Gasteiger partial charge is 0.0624 e. The maximum Gasteiger partial charge on any atom is 0.0624 e. The van der Waals surface area contributed by atoms with Gasteiger partial charge >= 0.3 is 0 Å². The number of hydrogen-bond donors (Lipinski definition) is 0. The van der Waals surface area contributed by atoms with Crippen LogP contribution in [0.5, 0.6) is 0 Å². The molecule has 2 aliphatic carbocycles. The third kappa shape index (κ3) is 0.981. The topological polar surface area (TPSA) is 0 Å². The average Bonchev–Trinajstić information content (AvgIpc) is 2.42. The van der Waals surface area contributed by atoms with Gasteiger partial charge in [-0.05, 0) is 43.4 Å². The molecule has 2 bridgehead atoms. The Morgan fingerprint density at radius 1 is 1.27 bits per heavy atom. The Bertz CT molecular complexity index is 161. The fraction of sp³-hybridized carbons (Fsp3) is 1.00. The van der Waals surface area contributed by atoms with E-state index in [1.165, 1.54) is 32.1 Å². The molecule has 0 unspecified atom stereocenters. The van der Waals surface area contributed by atoms with Crippen LogP contribution in [-0.4, -0.2) is 15.7 Å². The zero-order valence-electron chi connectivity index (χ0n) is 7.27. The first kappa shape index (κ1) is 7.76. The summed E-state index contributed by atoms with van der Waals surface area (Å²) in [5, 5.41) is -0.432. The van der Waals surface area contributed by atoms with Crippen LogP contribution in [0.4, 0.5) is 0 Å². The first-order chi connectivity index (χ1) is 5.04. The zero-order valence-corrected chi connectivity index (χ0v) is 7.27. The molecule has 0 saturated heterocycles. The van der Waals surface area contributed by atoms with Crippen molar-refractivity contribution in [3.8, 4) is 0 Å². The molecule has 56 valence electrons. The Hall–Kier alpha value is 0.130. The van der Waals surface area contributed by atoms with Crippen LogP contribution in [-0.2, 0) is 0 Å². The van der Waals surface area contributed by atoms with Crippen LogP contribution >= 0.6 is 0 Å². The Labute approximate surface area is 72.0 Å². The van der Waals surface area contributed by atoms with Gasteiger partial charge in [0.25, 0.3) is 0 Å². The molecular formula is C9H14B2. The minimum absolute atomic E-state index is 0.303. The summed E-state index contributed by atoms with van der Waals surface area (Å²) in [6.07, 6.45) is 6.55. The van der Waals surface area contributed by atoms with Crippen LogP contribution < -0.4 is 0 Å². The third-order valence-corrected chi connectivity index (χ3v) is 3.88. The van der Waals surface area contributed by atoms with E-state index in [1.807, 2.05) is 6.92 Å². The van der Waals surface area contributed by atoms with Crippen molar-refractivity contribution in [2.75, 3.05) is 0 Å². The summed E-state index contributed by atoms with van der Waals surface area (Å²) in [4.78, 5) is 0. The molecular weight excluding hydrogens is 130 g/mol. The van der Waals surface area contributed by atoms with Gasteiger partial charge in [-0.3, -0.25) is 0 Å². The highest BCUT2D eigenvalue weighted by molar-refractivity contribution is 6.40. The summed E-state index contributed by atoms with van der Waals surface area (Å²) in [5.41, 5.74) is 0.303. The quantitative estimate of drug-likeness (QED) is 0.493. The summed E-state index contributed by atoms with van der Waals surface area (Å²) in [6, 6.07) is 0. The van der Waals surface area contributed by atoms with Gasteiger partial charge in [0.2, 0.25) is 0 Å². The van der Waals surface area contributed by atoms with Gasteiger partial charge in [-0.15, -0.1) is 0 Å². The molecule has 0 aromatic carbocycles. The van der Waals surface area contributed by atoms with Gasteiger partial charge in [0.05, 0.1) is 15.7 Å². The van der Waals surface area contributed by atoms with Crippen molar-refractivity contribution in [3.63, 3.8) is 0 Å². The van der Waals surface area contributed by atoms with Gasteiger partial charge in [0.15, 0.2) is 0 Å². The lowest BCUT2D eigenvalue weighted by atomic mass is 9.42. The van der Waals surface area contributed by atoms with Crippen LogP contribution in [0.3, 0.4) is 0 Å². The first-order valence-corrected chi connectivity index (χ1v) is 4.61. The fourth-order valence-electron chi connectivity index (χ4n) is 2.95. The SMILES string of the molecule is [B]C([B])(C)C12CCC(CC1)C2. The van der Waals surface area contributed by atoms with E-state index in [0.29, 0.717) is 5.41 Å². The third-order valence-electron chi connectivity index (χ3n) is 3.88. The van der Waals surface area contributed by atoms with E-state index >= 15 is 0 Å². The summed E-state index contributed by atoms with van der Waals surface area (Å²) in [6.45, 7) is 1.99. The predicted molar refractivity (Wildman–Crippen MR) is 48.9 cm³/mol. The highest BCUT2D eigenvalue weighted by Gasteiger charge is 2.50. The van der Waals surface area contributed by atoms with Crippen molar-refractivity contribution in [1.29, 1.82) is 0 Å². The van der Waals surface area contributed by atoms with Crippen molar-refractivity contribution in [1.82, 2.24) is 0 Å². The van der Waals surface area contributed by atoms with Crippen molar-refractivity contribution in [2.24, 2.45) is 11.3 Å². The summed E-state index contributed by atoms with van der Waals surface area (Å²) in [7, 11) is 12.0. The van der Waals surface area contributed by atoms with Crippen LogP contribution in [0.2, 0.25) is 5.21 Å². The molecule has 0 heterocycles. The van der Waals surface area contributed by atoms with E-state index in [1.54, 1.807) is 0 Å². The van der Waals surface area contributed by atoms with Crippen LogP contribution in [0.25, 0.3) is 0 Å². The van der Waals surface area contributed by atoms with E-state index in [9.17, 15) is 0 Å². The maximum atomic E-state index is 5.99. The highest BCUT2D eigenvalue weighted by atomic mass is 14.5. The monoisotopic (exact) mass is 144 g/mol. The van der Waals surface area contributed by atoms with Gasteiger partial charge in [-0.2, -0.15) is 0 Å². The lowest BCUT2D eigenvalue weighted by Gasteiger charge is -2.41. The summed E-state index contributed by atoms with van der Waals surface area (Å²) in [5.74, 6) is 0.946. The molecule has 2 heteroatoms. The van der Waals surface area contributed by atoms with Crippen LogP contribution in [0.15, 0.2) is 0 Å². The maximum absolute atomic E-state index is 5.99. The van der Waals surface area contributed by atoms with E-state index in [0.717, 1.165) is 5.92 Å². The van der Waals surface area contributed by atoms with Crippen molar-refractivity contribution < 1.29 is 0 Å². The Morgan fingerprint density at radius 2 is 1.82 bits per heavy atom. The molecule has 0 aromatic heterocycles. The summed E-state index contributed by atoms with van der Waals surface area (Å²) < 4.78 is 0. The van der Waals surface area contributed by atoms with Gasteiger partial charge in [-0.1, -0.05) is 12.1 Å². The van der Waals surface area contributed by atoms with E-state index in [4.69, 9.17) is 15.7 Å². The van der Waals surface area contributed by atoms with Crippen molar-refractivity contribution in [3.05, 3.63) is 0 Å². The lowest BCUT2D eigenvalue weighted by Crippen LogP contribution is -2.31. The second kappa shape index (κ2) is 2.08. The van der Waals surface area contributed by atoms with Gasteiger partial charge in [0.1, 0.15) is 0 Å². The number of rotatable bonds is 1. The average molecular weight is 144 g/mol. The van der Waals surface area contributed by atoms with E-state index in [-0.39, 0.29) is 0 Å². The molecule has 0 spiro atoms. The largest absolute Gasteiger partial charge is 0.0963 e. The first-order valence-electron chi connectivity index (χ1n) is 4.61. The molecule has 0 amide bonds. The van der Waals surface area contributed by atoms with Crippen molar-refractivity contribution >= 4 is 15.7 Å². The molecule has 11 heavy (non-hydrogen) atoms. The molecule has 2 aliphatic rings. The molecule has 0 nitrogen and oxygen atoms in total. The fourth-order valence-corrected chi connectivity index (χ4v) is 2.95. The minimum Gasteiger partial charge on any atom is -0.0963 e. The molecule has 0 aliphatic heterocycles. The molecule has 0 N–H and O–H groups in total. The second-order valence-corrected chi connectivity index (χ2v) is 4.71. The van der Waals surface area contributed by atoms with Gasteiger partial charge in [0, 0.05) is 0 Å². The standard InChI is InChI=1S/C9H14B2/c1-8(10,11)9-4-2-7(6-9)3-5-9/h7H,2-6H2,1H3. The van der Waals surface area contributed by atoms with Crippen molar-refractivity contribution in [2.45, 2.75) is 44.2 Å². The summed E-state index contributed by atoms with van der Waals surface area (Å²) >= 11 is 0. The molecule has 2 rings (SSSR count). The molecule has 2 fully saturated rings. The minimum atomic E-state index is -0.432. The van der Waals surface area contributed by atoms with Gasteiger partial charge < -0.3 is 0 Å². The van der Waals surface area contributed by atoms with E-state index < -0.39 is 5.21 Å². The number of hydrogen-bond acceptors (Lipinski definition) is 0. The molecule has 0 aromatic rings. The molecule has 2 saturated carbocycles. The second-order valence-electron chi connectivity index (χ2n) is 4.71. The Morgan fingerprint density at radius 3 is 2.00 bits per heavy atom. The normalized spacial score (nSPS) is 43.2. The lowest BCUT2D eigenvalue weighted by molar-refractivity contribution is 0.259. The zero-order chi connectivity index (χ0) is 8.11. The van der Waals surface area contributed by atoms with E-state index in [2.05, 4.69) is 0 Å². The Balaban J connectivity index is 2.23. The predicted octanol–water partition coefficient (Wildman–Crippen LogP) is 2.04.